The van der Waals surface area contributed by atoms with Crippen LogP contribution in [0.25, 0.3) is 0 Å². The van der Waals surface area contributed by atoms with Crippen molar-refractivity contribution in [1.29, 1.82) is 0 Å². The van der Waals surface area contributed by atoms with Crippen LogP contribution in [0.4, 0.5) is 0 Å². The average Bonchev–Trinajstić information content (AvgIpc) is 3.29. The van der Waals surface area contributed by atoms with E-state index in [2.05, 4.69) is 154 Å². The zero-order chi connectivity index (χ0) is 46.5. The van der Waals surface area contributed by atoms with Crippen molar-refractivity contribution in [3.8, 4) is 0 Å². The number of carbonyl (C=O) groups excluding carboxylic acids is 3. The maximum atomic E-state index is 12.7. The first-order valence-corrected chi connectivity index (χ1v) is 25.2. The molecular weight excluding hydrogens is 793 g/mol. The Morgan fingerprint density at radius 3 is 1.00 bits per heavy atom. The molecule has 0 aromatic rings. The molecule has 6 heteroatoms. The minimum atomic E-state index is -0.819. The fraction of sp³-hybridized carbons (Fsp3) is 0.569. The lowest BCUT2D eigenvalue weighted by Crippen LogP contribution is -2.30. The highest BCUT2D eigenvalue weighted by molar-refractivity contribution is 5.71. The topological polar surface area (TPSA) is 78.9 Å². The van der Waals surface area contributed by atoms with Crippen molar-refractivity contribution < 1.29 is 28.6 Å². The van der Waals surface area contributed by atoms with Crippen LogP contribution in [-0.2, 0) is 28.6 Å². The Balaban J connectivity index is 4.38. The molecule has 0 saturated carbocycles. The molecular formula is C58H90O6. The minimum absolute atomic E-state index is 0.114. The van der Waals surface area contributed by atoms with Crippen LogP contribution in [0.2, 0.25) is 0 Å². The second-order valence-corrected chi connectivity index (χ2v) is 16.0. The highest BCUT2D eigenvalue weighted by Crippen LogP contribution is 2.11. The smallest absolute Gasteiger partial charge is 0.306 e. The molecule has 358 valence electrons. The number of ether oxygens (including phenoxy) is 3. The first-order valence-electron chi connectivity index (χ1n) is 25.2. The van der Waals surface area contributed by atoms with Crippen LogP contribution in [0, 0.1) is 0 Å². The minimum Gasteiger partial charge on any atom is -0.462 e. The van der Waals surface area contributed by atoms with E-state index in [1.807, 2.05) is 0 Å². The summed E-state index contributed by atoms with van der Waals surface area (Å²) in [5.41, 5.74) is 0. The van der Waals surface area contributed by atoms with Gasteiger partial charge in [-0.25, -0.2) is 0 Å². The van der Waals surface area contributed by atoms with Crippen LogP contribution in [0.3, 0.4) is 0 Å². The lowest BCUT2D eigenvalue weighted by Gasteiger charge is -2.18. The molecule has 0 bridgehead atoms. The number of hydrogen-bond acceptors (Lipinski definition) is 6. The fourth-order valence-electron chi connectivity index (χ4n) is 6.18. The Kier molecular flexibility index (Phi) is 47.6. The van der Waals surface area contributed by atoms with Gasteiger partial charge in [-0.05, 0) is 109 Å². The lowest BCUT2D eigenvalue weighted by atomic mass is 10.1. The largest absolute Gasteiger partial charge is 0.462 e. The van der Waals surface area contributed by atoms with E-state index in [0.29, 0.717) is 19.3 Å². The summed E-state index contributed by atoms with van der Waals surface area (Å²) >= 11 is 0. The normalized spacial score (nSPS) is 13.2. The molecule has 0 aliphatic heterocycles. The number of unbranched alkanes of at least 4 members (excludes halogenated alkanes) is 10. The second-order valence-electron chi connectivity index (χ2n) is 16.0. The SMILES string of the molecule is CC/C=C\C/C=C\C/C=C\C/C=C\C/C=C\C/C=C\CCCCCCC(=O)OCC(COC(=O)CCCCCCCC)OC(=O)CCC/C=C\C/C=C\C/C=C\C/C=C\C/C=C\CC. The van der Waals surface area contributed by atoms with Crippen LogP contribution >= 0.6 is 0 Å². The number of carbonyl (C=O) groups is 3. The van der Waals surface area contributed by atoms with Crippen LogP contribution in [-0.4, -0.2) is 37.2 Å². The number of hydrogen-bond donors (Lipinski definition) is 0. The molecule has 64 heavy (non-hydrogen) atoms. The fourth-order valence-corrected chi connectivity index (χ4v) is 6.18. The van der Waals surface area contributed by atoms with E-state index in [0.717, 1.165) is 128 Å². The van der Waals surface area contributed by atoms with Gasteiger partial charge >= 0.3 is 17.9 Å². The molecule has 1 atom stereocenters. The monoisotopic (exact) mass is 883 g/mol. The van der Waals surface area contributed by atoms with Crippen molar-refractivity contribution >= 4 is 17.9 Å². The van der Waals surface area contributed by atoms with Gasteiger partial charge in [-0.3, -0.25) is 14.4 Å². The third-order valence-electron chi connectivity index (χ3n) is 9.90. The van der Waals surface area contributed by atoms with Crippen LogP contribution in [0.15, 0.2) is 134 Å². The molecule has 0 radical (unpaired) electrons. The molecule has 0 aromatic heterocycles. The van der Waals surface area contributed by atoms with Crippen molar-refractivity contribution in [3.63, 3.8) is 0 Å². The number of esters is 3. The second kappa shape index (κ2) is 51.2. The molecule has 6 nitrogen and oxygen atoms in total. The van der Waals surface area contributed by atoms with Crippen molar-refractivity contribution in [3.05, 3.63) is 134 Å². The summed E-state index contributed by atoms with van der Waals surface area (Å²) in [5.74, 6) is -1.02. The molecule has 0 aliphatic rings. The van der Waals surface area contributed by atoms with Crippen molar-refractivity contribution in [2.75, 3.05) is 13.2 Å². The molecule has 0 rings (SSSR count). The van der Waals surface area contributed by atoms with Gasteiger partial charge in [-0.1, -0.05) is 199 Å². The van der Waals surface area contributed by atoms with Gasteiger partial charge in [0.2, 0.25) is 0 Å². The molecule has 0 heterocycles. The third-order valence-corrected chi connectivity index (χ3v) is 9.90. The van der Waals surface area contributed by atoms with Crippen LogP contribution in [0.5, 0.6) is 0 Å². The summed E-state index contributed by atoms with van der Waals surface area (Å²) in [6, 6.07) is 0. The van der Waals surface area contributed by atoms with Gasteiger partial charge < -0.3 is 14.2 Å². The molecule has 0 aliphatic carbocycles. The molecule has 0 fully saturated rings. The summed E-state index contributed by atoms with van der Waals surface area (Å²) in [6.45, 7) is 6.25. The number of allylic oxidation sites excluding steroid dienone is 22. The summed E-state index contributed by atoms with van der Waals surface area (Å²) < 4.78 is 16.6. The Hall–Kier alpha value is -4.45. The summed E-state index contributed by atoms with van der Waals surface area (Å²) in [7, 11) is 0. The third kappa shape index (κ3) is 48.6. The quantitative estimate of drug-likeness (QED) is 0.0263. The predicted octanol–water partition coefficient (Wildman–Crippen LogP) is 16.7. The summed E-state index contributed by atoms with van der Waals surface area (Å²) in [5, 5.41) is 0. The molecule has 0 aromatic carbocycles. The average molecular weight is 883 g/mol. The van der Waals surface area contributed by atoms with Gasteiger partial charge in [0.1, 0.15) is 13.2 Å². The molecule has 0 N–H and O–H groups in total. The van der Waals surface area contributed by atoms with E-state index in [-0.39, 0.29) is 37.5 Å². The summed E-state index contributed by atoms with van der Waals surface area (Å²) in [6.07, 6.45) is 71.8. The Morgan fingerprint density at radius 1 is 0.328 bits per heavy atom. The van der Waals surface area contributed by atoms with E-state index in [1.165, 1.54) is 19.3 Å². The molecule has 0 spiro atoms. The van der Waals surface area contributed by atoms with Crippen LogP contribution in [0.1, 0.15) is 194 Å². The molecule has 0 saturated heterocycles. The first-order chi connectivity index (χ1) is 31.5. The zero-order valence-electron chi connectivity index (χ0n) is 40.7. The van der Waals surface area contributed by atoms with Crippen molar-refractivity contribution in [2.45, 2.75) is 200 Å². The van der Waals surface area contributed by atoms with Crippen LogP contribution < -0.4 is 0 Å². The zero-order valence-corrected chi connectivity index (χ0v) is 40.7. The Labute approximate surface area is 392 Å². The van der Waals surface area contributed by atoms with Gasteiger partial charge in [-0.2, -0.15) is 0 Å². The van der Waals surface area contributed by atoms with Gasteiger partial charge in [-0.15, -0.1) is 0 Å². The van der Waals surface area contributed by atoms with Gasteiger partial charge in [0.05, 0.1) is 0 Å². The first kappa shape index (κ1) is 59.5. The van der Waals surface area contributed by atoms with E-state index in [1.54, 1.807) is 0 Å². The Morgan fingerprint density at radius 2 is 0.625 bits per heavy atom. The maximum Gasteiger partial charge on any atom is 0.306 e. The maximum absolute atomic E-state index is 12.7. The van der Waals surface area contributed by atoms with E-state index in [9.17, 15) is 14.4 Å². The van der Waals surface area contributed by atoms with E-state index in [4.69, 9.17) is 14.2 Å². The highest BCUT2D eigenvalue weighted by atomic mass is 16.6. The predicted molar refractivity (Wildman–Crippen MR) is 274 cm³/mol. The van der Waals surface area contributed by atoms with Gasteiger partial charge in [0.25, 0.3) is 0 Å². The van der Waals surface area contributed by atoms with Gasteiger partial charge in [0, 0.05) is 19.3 Å². The lowest BCUT2D eigenvalue weighted by molar-refractivity contribution is -0.167. The van der Waals surface area contributed by atoms with Crippen molar-refractivity contribution in [1.82, 2.24) is 0 Å². The standard InChI is InChI=1S/C58H90O6/c1-4-7-10-13-16-18-20-22-24-26-27-28-29-30-31-33-34-36-38-40-42-45-48-51-57(60)63-54-55(53-62-56(59)50-47-44-15-12-9-6-3)64-58(61)52-49-46-43-41-39-37-35-32-25-23-21-19-17-14-11-8-5-2/h7-8,10-11,16-19,22-25,27-28,30-31,34-37,41,43,55H,4-6,9,12-15,20-21,26,29,32-33,38-40,42,44-54H2,1-3H3/b10-7-,11-8-,18-16-,19-17-,24-22-,25-23-,28-27-,31-30-,36-34-,37-35-,43-41-. The Bertz CT molecular complexity index is 1430. The molecule has 1 unspecified atom stereocenters. The van der Waals surface area contributed by atoms with Crippen molar-refractivity contribution in [2.24, 2.45) is 0 Å². The van der Waals surface area contributed by atoms with E-state index >= 15 is 0 Å². The molecule has 0 amide bonds. The number of rotatable bonds is 43. The van der Waals surface area contributed by atoms with Gasteiger partial charge in [0.15, 0.2) is 6.10 Å². The van der Waals surface area contributed by atoms with E-state index < -0.39 is 6.10 Å². The summed E-state index contributed by atoms with van der Waals surface area (Å²) in [4.78, 5) is 37.7. The highest BCUT2D eigenvalue weighted by Gasteiger charge is 2.19.